The quantitative estimate of drug-likeness (QED) is 0.214. The van der Waals surface area contributed by atoms with Gasteiger partial charge in [0, 0.05) is 6.42 Å². The number of nitrogens with zero attached hydrogens (tertiary/aromatic N) is 1. The maximum Gasteiger partial charge on any atom is 0.361 e. The van der Waals surface area contributed by atoms with E-state index in [0.717, 1.165) is 22.4 Å². The third-order valence-corrected chi connectivity index (χ3v) is 6.16. The van der Waals surface area contributed by atoms with Crippen molar-refractivity contribution in [3.63, 3.8) is 0 Å². The van der Waals surface area contributed by atoms with Crippen molar-refractivity contribution in [2.24, 2.45) is 0 Å². The smallest absolute Gasteiger partial charge is 0.361 e. The molecule has 0 aromatic heterocycles. The maximum atomic E-state index is 13.4. The molecular weight excluding hydrogens is 506 g/mol. The lowest BCUT2D eigenvalue weighted by Crippen LogP contribution is -3.00. The Bertz CT molecular complexity index is 1110. The van der Waals surface area contributed by atoms with E-state index in [4.69, 9.17) is 23.7 Å². The molecule has 0 fully saturated rings. The summed E-state index contributed by atoms with van der Waals surface area (Å²) in [6, 6.07) is 7.44. The number of likely N-dealkylation sites (N-methyl/N-ethyl adjacent to an activating group) is 1. The number of esters is 1. The van der Waals surface area contributed by atoms with Crippen molar-refractivity contribution >= 4 is 17.8 Å². The molecule has 0 bridgehead atoms. The molecule has 2 aliphatic heterocycles. The van der Waals surface area contributed by atoms with Crippen LogP contribution in [-0.4, -0.2) is 64.5 Å². The van der Waals surface area contributed by atoms with Gasteiger partial charge >= 0.3 is 5.97 Å². The number of halogens is 1. The molecule has 0 spiro atoms. The molecule has 2 heterocycles. The Labute approximate surface area is 209 Å². The van der Waals surface area contributed by atoms with Crippen LogP contribution in [0.5, 0.6) is 23.0 Å². The fourth-order valence-corrected chi connectivity index (χ4v) is 4.44. The van der Waals surface area contributed by atoms with Crippen LogP contribution in [0.15, 0.2) is 30.3 Å². The van der Waals surface area contributed by atoms with Gasteiger partial charge in [0.25, 0.3) is 0 Å². The van der Waals surface area contributed by atoms with Gasteiger partial charge in [-0.2, -0.15) is 0 Å². The second-order valence-electron chi connectivity index (χ2n) is 8.39. The summed E-state index contributed by atoms with van der Waals surface area (Å²) in [7, 11) is 6.56. The average molecular weight is 534 g/mol. The molecule has 0 aliphatic carbocycles. The van der Waals surface area contributed by atoms with Gasteiger partial charge in [-0.1, -0.05) is 18.2 Å². The number of allylic oxidation sites excluding steroid dienone is 1. The molecular formula is C25H28BrNO7. The zero-order valence-corrected chi connectivity index (χ0v) is 21.3. The summed E-state index contributed by atoms with van der Waals surface area (Å²) in [5.74, 6) is 1.71. The predicted octanol–water partition coefficient (Wildman–Crippen LogP) is 0.00830. The Kier molecular flexibility index (Phi) is 7.89. The average Bonchev–Trinajstić information content (AvgIpc) is 3.30. The molecule has 2 aliphatic rings. The van der Waals surface area contributed by atoms with E-state index in [-0.39, 0.29) is 42.1 Å². The summed E-state index contributed by atoms with van der Waals surface area (Å²) in [4.78, 5) is 25.4. The Morgan fingerprint density at radius 2 is 1.74 bits per heavy atom. The van der Waals surface area contributed by atoms with Gasteiger partial charge in [-0.05, 0) is 29.3 Å². The number of ketones is 1. The van der Waals surface area contributed by atoms with Crippen molar-refractivity contribution in [1.82, 2.24) is 0 Å². The number of quaternary nitrogens is 1. The number of ether oxygens (including phenoxy) is 5. The summed E-state index contributed by atoms with van der Waals surface area (Å²) in [5, 5.41) is 0. The summed E-state index contributed by atoms with van der Waals surface area (Å²) in [5.41, 5.74) is 3.11. The van der Waals surface area contributed by atoms with Gasteiger partial charge in [-0.15, -0.1) is 0 Å². The van der Waals surface area contributed by atoms with E-state index < -0.39 is 0 Å². The van der Waals surface area contributed by atoms with Crippen LogP contribution in [0, 0.1) is 0 Å². The van der Waals surface area contributed by atoms with Crippen molar-refractivity contribution in [1.29, 1.82) is 0 Å². The number of hydrogen-bond donors (Lipinski definition) is 0. The predicted molar refractivity (Wildman–Crippen MR) is 121 cm³/mol. The SMILES string of the molecule is COC(=O)C[N+]1(C)CCc2c(c(OC)c3c(c2C(=O)/C=C/c2ccc(OC)cc2)OCO3)C1.[Br-]. The molecule has 2 aromatic rings. The largest absolute Gasteiger partial charge is 1.00 e. The first-order valence-electron chi connectivity index (χ1n) is 10.7. The Morgan fingerprint density at radius 3 is 2.38 bits per heavy atom. The van der Waals surface area contributed by atoms with Crippen LogP contribution in [0.2, 0.25) is 0 Å². The van der Waals surface area contributed by atoms with Gasteiger partial charge in [0.05, 0.1) is 46.0 Å². The van der Waals surface area contributed by atoms with Gasteiger partial charge in [0.1, 0.15) is 12.3 Å². The second kappa shape index (κ2) is 10.5. The third-order valence-electron chi connectivity index (χ3n) is 6.16. The molecule has 1 atom stereocenters. The van der Waals surface area contributed by atoms with E-state index in [0.29, 0.717) is 46.8 Å². The number of methoxy groups -OCH3 is 3. The molecule has 0 radical (unpaired) electrons. The van der Waals surface area contributed by atoms with Crippen LogP contribution in [0.1, 0.15) is 27.0 Å². The number of fused-ring (bicyclic) bond motifs is 2. The Morgan fingerprint density at radius 1 is 1.03 bits per heavy atom. The van der Waals surface area contributed by atoms with E-state index in [9.17, 15) is 9.59 Å². The molecule has 34 heavy (non-hydrogen) atoms. The van der Waals surface area contributed by atoms with Gasteiger partial charge in [-0.3, -0.25) is 4.79 Å². The molecule has 0 saturated carbocycles. The van der Waals surface area contributed by atoms with E-state index in [1.807, 2.05) is 31.3 Å². The third kappa shape index (κ3) is 4.90. The van der Waals surface area contributed by atoms with Gasteiger partial charge in [0.2, 0.25) is 12.5 Å². The number of carbonyl (C=O) groups excluding carboxylic acids is 2. The lowest BCUT2D eigenvalue weighted by atomic mass is 9.89. The summed E-state index contributed by atoms with van der Waals surface area (Å²) < 4.78 is 27.6. The van der Waals surface area contributed by atoms with Crippen molar-refractivity contribution in [3.8, 4) is 23.0 Å². The van der Waals surface area contributed by atoms with Crippen LogP contribution in [-0.2, 0) is 22.5 Å². The maximum absolute atomic E-state index is 13.4. The molecule has 0 N–H and O–H groups in total. The topological polar surface area (TPSA) is 80.3 Å². The normalized spacial score (nSPS) is 18.1. The molecule has 0 saturated heterocycles. The highest BCUT2D eigenvalue weighted by atomic mass is 79.9. The molecule has 1 unspecified atom stereocenters. The number of benzene rings is 2. The van der Waals surface area contributed by atoms with Gasteiger partial charge in [0.15, 0.2) is 23.8 Å². The minimum atomic E-state index is -0.278. The molecule has 8 nitrogen and oxygen atoms in total. The van der Waals surface area contributed by atoms with E-state index >= 15 is 0 Å². The summed E-state index contributed by atoms with van der Waals surface area (Å²) in [6.45, 7) is 1.43. The van der Waals surface area contributed by atoms with Gasteiger partial charge in [-0.25, -0.2) is 4.79 Å². The Balaban J connectivity index is 0.00000324. The van der Waals surface area contributed by atoms with Crippen molar-refractivity contribution in [3.05, 3.63) is 52.6 Å². The second-order valence-corrected chi connectivity index (χ2v) is 8.39. The minimum absolute atomic E-state index is 0. The first-order valence-corrected chi connectivity index (χ1v) is 10.7. The lowest BCUT2D eigenvalue weighted by Gasteiger charge is -2.38. The van der Waals surface area contributed by atoms with E-state index in [2.05, 4.69) is 0 Å². The lowest BCUT2D eigenvalue weighted by molar-refractivity contribution is -0.917. The zero-order chi connectivity index (χ0) is 23.6. The standard InChI is InChI=1S/C25H28NO7.BrH/c1-26(14-21(28)30-3)12-11-18-19(13-26)23(31-4)25-24(32-15-33-25)22(18)20(27)10-7-16-5-8-17(29-2)9-6-16;/h5-10H,11-15H2,1-4H3;1H/q+1;/p-1/b10-7+;. The Hall–Kier alpha value is -3.04. The first-order chi connectivity index (χ1) is 15.9. The van der Waals surface area contributed by atoms with Crippen LogP contribution < -0.4 is 35.9 Å². The molecule has 2 aromatic carbocycles. The van der Waals surface area contributed by atoms with E-state index in [1.165, 1.54) is 7.11 Å². The van der Waals surface area contributed by atoms with Gasteiger partial charge < -0.3 is 45.1 Å². The molecule has 4 rings (SSSR count). The van der Waals surface area contributed by atoms with Crippen LogP contribution in [0.25, 0.3) is 6.08 Å². The van der Waals surface area contributed by atoms with Crippen molar-refractivity contribution in [2.75, 3.05) is 48.3 Å². The first kappa shape index (κ1) is 25.6. The van der Waals surface area contributed by atoms with Crippen molar-refractivity contribution < 1.29 is 54.7 Å². The number of carbonyl (C=O) groups is 2. The van der Waals surface area contributed by atoms with Crippen molar-refractivity contribution in [2.45, 2.75) is 13.0 Å². The number of hydrogen-bond acceptors (Lipinski definition) is 7. The highest BCUT2D eigenvalue weighted by Crippen LogP contribution is 2.50. The minimum Gasteiger partial charge on any atom is -1.00 e. The van der Waals surface area contributed by atoms with Crippen LogP contribution in [0.3, 0.4) is 0 Å². The monoisotopic (exact) mass is 533 g/mol. The van der Waals surface area contributed by atoms with Crippen LogP contribution >= 0.6 is 0 Å². The molecule has 0 amide bonds. The van der Waals surface area contributed by atoms with Crippen LogP contribution in [0.4, 0.5) is 0 Å². The molecule has 9 heteroatoms. The fraction of sp³-hybridized carbons (Fsp3) is 0.360. The molecule has 182 valence electrons. The summed E-state index contributed by atoms with van der Waals surface area (Å²) in [6.07, 6.45) is 3.90. The highest BCUT2D eigenvalue weighted by Gasteiger charge is 2.40. The fourth-order valence-electron chi connectivity index (χ4n) is 4.44. The number of rotatable bonds is 7. The highest BCUT2D eigenvalue weighted by molar-refractivity contribution is 6.11. The zero-order valence-electron chi connectivity index (χ0n) is 19.7. The summed E-state index contributed by atoms with van der Waals surface area (Å²) >= 11 is 0. The van der Waals surface area contributed by atoms with E-state index in [1.54, 1.807) is 26.4 Å².